The molecular weight excluding hydrogens is 356 g/mol. The molecule has 0 bridgehead atoms. The summed E-state index contributed by atoms with van der Waals surface area (Å²) in [7, 11) is 0. The third kappa shape index (κ3) is 4.70. The van der Waals surface area contributed by atoms with E-state index in [2.05, 4.69) is 30.8 Å². The van der Waals surface area contributed by atoms with Crippen molar-refractivity contribution < 1.29 is 4.79 Å². The number of hydrogen-bond donors (Lipinski definition) is 4. The molecule has 3 aromatic rings. The monoisotopic (exact) mass is 372 g/mol. The highest BCUT2D eigenvalue weighted by atomic mass is 35.5. The van der Waals surface area contributed by atoms with Crippen molar-refractivity contribution in [3.8, 4) is 0 Å². The molecule has 0 amide bonds. The number of carbonyl (C=O) groups excluding carboxylic acids is 1. The van der Waals surface area contributed by atoms with E-state index in [4.69, 9.17) is 11.6 Å². The van der Waals surface area contributed by atoms with E-state index in [1.165, 1.54) is 0 Å². The molecule has 0 fully saturated rings. The summed E-state index contributed by atoms with van der Waals surface area (Å²) in [6, 6.07) is 8.92. The third-order valence-corrected chi connectivity index (χ3v) is 3.94. The number of anilines is 2. The Morgan fingerprint density at radius 2 is 2.08 bits per heavy atom. The first-order valence-corrected chi connectivity index (χ1v) is 8.34. The predicted octanol–water partition coefficient (Wildman–Crippen LogP) is 2.44. The van der Waals surface area contributed by atoms with Gasteiger partial charge in [-0.1, -0.05) is 11.6 Å². The Kier molecular flexibility index (Phi) is 5.65. The van der Waals surface area contributed by atoms with E-state index in [-0.39, 0.29) is 5.78 Å². The zero-order valence-corrected chi connectivity index (χ0v) is 14.5. The SMILES string of the molecule is O=C(CCNc1ccc(NCc2nc(=O)[nH][nH]2)cc1Cl)c1cccnc1. The lowest BCUT2D eigenvalue weighted by atomic mass is 10.1. The summed E-state index contributed by atoms with van der Waals surface area (Å²) in [6.07, 6.45) is 3.53. The highest BCUT2D eigenvalue weighted by molar-refractivity contribution is 6.33. The summed E-state index contributed by atoms with van der Waals surface area (Å²) in [4.78, 5) is 30.7. The van der Waals surface area contributed by atoms with Gasteiger partial charge in [-0.2, -0.15) is 4.98 Å². The lowest BCUT2D eigenvalue weighted by Gasteiger charge is -2.10. The average Bonchev–Trinajstić information content (AvgIpc) is 3.07. The van der Waals surface area contributed by atoms with Crippen LogP contribution in [0.3, 0.4) is 0 Å². The van der Waals surface area contributed by atoms with Gasteiger partial charge in [0.05, 0.1) is 17.3 Å². The maximum Gasteiger partial charge on any atom is 0.361 e. The summed E-state index contributed by atoms with van der Waals surface area (Å²) in [5.41, 5.74) is 1.71. The van der Waals surface area contributed by atoms with Crippen LogP contribution in [-0.4, -0.2) is 32.5 Å². The number of nitrogens with zero attached hydrogens (tertiary/aromatic N) is 2. The van der Waals surface area contributed by atoms with Crippen LogP contribution in [0.4, 0.5) is 11.4 Å². The first-order chi connectivity index (χ1) is 12.6. The number of halogens is 1. The highest BCUT2D eigenvalue weighted by Crippen LogP contribution is 2.25. The second-order valence-corrected chi connectivity index (χ2v) is 5.91. The van der Waals surface area contributed by atoms with Crippen molar-refractivity contribution >= 4 is 28.8 Å². The summed E-state index contributed by atoms with van der Waals surface area (Å²) in [6.45, 7) is 0.830. The van der Waals surface area contributed by atoms with E-state index < -0.39 is 5.69 Å². The van der Waals surface area contributed by atoms with Gasteiger partial charge in [-0.3, -0.25) is 14.9 Å². The molecule has 0 unspecified atom stereocenters. The normalized spacial score (nSPS) is 10.5. The average molecular weight is 373 g/mol. The number of pyridine rings is 1. The molecular formula is C17H17ClN6O2. The minimum atomic E-state index is -0.416. The second kappa shape index (κ2) is 8.30. The molecule has 0 aliphatic rings. The van der Waals surface area contributed by atoms with Gasteiger partial charge in [-0.25, -0.2) is 9.89 Å². The number of aromatic amines is 2. The summed E-state index contributed by atoms with van der Waals surface area (Å²) in [5.74, 6) is 0.523. The Morgan fingerprint density at radius 1 is 1.19 bits per heavy atom. The van der Waals surface area contributed by atoms with Crippen LogP contribution in [0.1, 0.15) is 22.6 Å². The first kappa shape index (κ1) is 17.7. The first-order valence-electron chi connectivity index (χ1n) is 7.96. The number of H-pyrrole nitrogens is 2. The Morgan fingerprint density at radius 3 is 2.77 bits per heavy atom. The van der Waals surface area contributed by atoms with Crippen LogP contribution in [0.5, 0.6) is 0 Å². The number of rotatable bonds is 8. The van der Waals surface area contributed by atoms with Crippen molar-refractivity contribution in [2.75, 3.05) is 17.2 Å². The molecule has 9 heteroatoms. The van der Waals surface area contributed by atoms with Gasteiger partial charge >= 0.3 is 5.69 Å². The summed E-state index contributed by atoms with van der Waals surface area (Å²) in [5, 5.41) is 11.8. The molecule has 2 aromatic heterocycles. The fourth-order valence-corrected chi connectivity index (χ4v) is 2.57. The molecule has 2 heterocycles. The quantitative estimate of drug-likeness (QED) is 0.451. The Labute approximate surface area is 154 Å². The van der Waals surface area contributed by atoms with E-state index in [9.17, 15) is 9.59 Å². The van der Waals surface area contributed by atoms with Crippen molar-refractivity contribution in [2.45, 2.75) is 13.0 Å². The second-order valence-electron chi connectivity index (χ2n) is 5.50. The molecule has 4 N–H and O–H groups in total. The van der Waals surface area contributed by atoms with Crippen molar-refractivity contribution in [2.24, 2.45) is 0 Å². The molecule has 0 saturated carbocycles. The van der Waals surface area contributed by atoms with Gasteiger partial charge < -0.3 is 10.6 Å². The largest absolute Gasteiger partial charge is 0.383 e. The van der Waals surface area contributed by atoms with Gasteiger partial charge in [-0.05, 0) is 30.3 Å². The molecule has 134 valence electrons. The van der Waals surface area contributed by atoms with Gasteiger partial charge in [0.2, 0.25) is 0 Å². The molecule has 0 saturated heterocycles. The van der Waals surface area contributed by atoms with E-state index in [1.807, 2.05) is 12.1 Å². The van der Waals surface area contributed by atoms with E-state index >= 15 is 0 Å². The van der Waals surface area contributed by atoms with Crippen LogP contribution in [-0.2, 0) is 6.54 Å². The fraction of sp³-hybridized carbons (Fsp3) is 0.176. The maximum absolute atomic E-state index is 12.0. The predicted molar refractivity (Wildman–Crippen MR) is 99.7 cm³/mol. The van der Waals surface area contributed by atoms with Crippen LogP contribution in [0.2, 0.25) is 5.02 Å². The van der Waals surface area contributed by atoms with E-state index in [0.717, 1.165) is 11.4 Å². The number of aromatic nitrogens is 4. The number of Topliss-reactive ketones (excluding diaryl/α,β-unsaturated/α-hetero) is 1. The van der Waals surface area contributed by atoms with Crippen LogP contribution < -0.4 is 16.3 Å². The van der Waals surface area contributed by atoms with Gasteiger partial charge in [-0.15, -0.1) is 0 Å². The molecule has 1 aromatic carbocycles. The van der Waals surface area contributed by atoms with E-state index in [1.54, 1.807) is 30.6 Å². The molecule has 0 atom stereocenters. The number of nitrogens with one attached hydrogen (secondary N) is 4. The number of carbonyl (C=O) groups is 1. The Hall–Kier alpha value is -3.13. The zero-order chi connectivity index (χ0) is 18.4. The van der Waals surface area contributed by atoms with E-state index in [0.29, 0.717) is 35.9 Å². The van der Waals surface area contributed by atoms with Crippen LogP contribution >= 0.6 is 11.6 Å². The number of ketones is 1. The molecule has 0 spiro atoms. The molecule has 0 aliphatic carbocycles. The Bertz CT molecular complexity index is 938. The topological polar surface area (TPSA) is 116 Å². The molecule has 0 radical (unpaired) electrons. The van der Waals surface area contributed by atoms with Crippen LogP contribution in [0.15, 0.2) is 47.5 Å². The van der Waals surface area contributed by atoms with Gasteiger partial charge in [0.1, 0.15) is 5.82 Å². The smallest absolute Gasteiger partial charge is 0.361 e. The van der Waals surface area contributed by atoms with Gasteiger partial charge in [0.25, 0.3) is 0 Å². The molecule has 3 rings (SSSR count). The standard InChI is InChI=1S/C17H17ClN6O2/c18-13-8-12(21-10-16-22-17(26)24-23-16)3-4-14(13)20-7-5-15(25)11-2-1-6-19-9-11/h1-4,6,8-9,20-21H,5,7,10H2,(H2,22,23,24,26). The van der Waals surface area contributed by atoms with Crippen LogP contribution in [0, 0.1) is 0 Å². The van der Waals surface area contributed by atoms with Crippen molar-refractivity contribution in [1.82, 2.24) is 20.2 Å². The minimum absolute atomic E-state index is 0.0213. The number of benzene rings is 1. The Balaban J connectivity index is 1.51. The lowest BCUT2D eigenvalue weighted by Crippen LogP contribution is -2.09. The van der Waals surface area contributed by atoms with Crippen molar-refractivity contribution in [3.63, 3.8) is 0 Å². The fourth-order valence-electron chi connectivity index (χ4n) is 2.32. The van der Waals surface area contributed by atoms with Crippen LogP contribution in [0.25, 0.3) is 0 Å². The third-order valence-electron chi connectivity index (χ3n) is 3.63. The molecule has 26 heavy (non-hydrogen) atoms. The van der Waals surface area contributed by atoms with Crippen molar-refractivity contribution in [1.29, 1.82) is 0 Å². The zero-order valence-electron chi connectivity index (χ0n) is 13.8. The molecule has 0 aliphatic heterocycles. The highest BCUT2D eigenvalue weighted by Gasteiger charge is 2.07. The number of hydrogen-bond acceptors (Lipinski definition) is 6. The van der Waals surface area contributed by atoms with Gasteiger partial charge in [0.15, 0.2) is 5.78 Å². The van der Waals surface area contributed by atoms with Gasteiger partial charge in [0, 0.05) is 36.6 Å². The molecule has 8 nitrogen and oxygen atoms in total. The maximum atomic E-state index is 12.0. The lowest BCUT2D eigenvalue weighted by molar-refractivity contribution is 0.0986. The summed E-state index contributed by atoms with van der Waals surface area (Å²) < 4.78 is 0. The summed E-state index contributed by atoms with van der Waals surface area (Å²) >= 11 is 6.27. The van der Waals surface area contributed by atoms with Crippen molar-refractivity contribution in [3.05, 3.63) is 69.6 Å². The minimum Gasteiger partial charge on any atom is -0.383 e.